The summed E-state index contributed by atoms with van der Waals surface area (Å²) in [5.41, 5.74) is 1.60. The molecule has 2 aromatic heterocycles. The second kappa shape index (κ2) is 8.67. The lowest BCUT2D eigenvalue weighted by Gasteiger charge is -2.07. The Bertz CT molecular complexity index is 1060. The summed E-state index contributed by atoms with van der Waals surface area (Å²) >= 11 is 12.1. The van der Waals surface area contributed by atoms with Crippen LogP contribution in [-0.4, -0.2) is 38.0 Å². The normalized spacial score (nSPS) is 11.0. The van der Waals surface area contributed by atoms with Gasteiger partial charge >= 0.3 is 5.97 Å². The second-order valence-electron chi connectivity index (χ2n) is 6.45. The Kier molecular flexibility index (Phi) is 6.24. The molecule has 0 saturated carbocycles. The summed E-state index contributed by atoms with van der Waals surface area (Å²) in [6.07, 6.45) is 1.26. The lowest BCUT2D eigenvalue weighted by molar-refractivity contribution is 0.0371. The highest BCUT2D eigenvalue weighted by Crippen LogP contribution is 2.29. The third-order valence-electron chi connectivity index (χ3n) is 3.90. The van der Waals surface area contributed by atoms with Gasteiger partial charge in [-0.25, -0.2) is 4.79 Å². The molecule has 0 unspecified atom stereocenters. The molecular formula is C19H19Cl2N5O3. The zero-order valence-corrected chi connectivity index (χ0v) is 17.5. The van der Waals surface area contributed by atoms with E-state index in [-0.39, 0.29) is 23.2 Å². The van der Waals surface area contributed by atoms with Crippen LogP contribution in [0.2, 0.25) is 10.0 Å². The second-order valence-corrected chi connectivity index (χ2v) is 7.29. The first-order valence-electron chi connectivity index (χ1n) is 8.89. The van der Waals surface area contributed by atoms with Crippen LogP contribution in [0, 0.1) is 0 Å². The SMILES string of the molecule is CCn1cc(NC(=O)c2cc(-c3ccc(Cl)cc3Cl)n[nH]2)c(C(=O)OC(C)C)n1. The molecule has 0 radical (unpaired) electrons. The maximum Gasteiger partial charge on any atom is 0.361 e. The number of benzene rings is 1. The van der Waals surface area contributed by atoms with Crippen molar-refractivity contribution >= 4 is 40.8 Å². The van der Waals surface area contributed by atoms with Gasteiger partial charge in [0.2, 0.25) is 0 Å². The van der Waals surface area contributed by atoms with Crippen LogP contribution < -0.4 is 5.32 Å². The quantitative estimate of drug-likeness (QED) is 0.557. The number of amides is 1. The first-order valence-corrected chi connectivity index (χ1v) is 9.64. The van der Waals surface area contributed by atoms with Crippen LogP contribution >= 0.6 is 23.2 Å². The Hall–Kier alpha value is -2.84. The summed E-state index contributed by atoms with van der Waals surface area (Å²) in [6, 6.07) is 6.55. The van der Waals surface area contributed by atoms with Gasteiger partial charge in [-0.05, 0) is 45.0 Å². The van der Waals surface area contributed by atoms with Gasteiger partial charge in [-0.1, -0.05) is 23.2 Å². The number of hydrogen-bond acceptors (Lipinski definition) is 5. The monoisotopic (exact) mass is 435 g/mol. The number of aryl methyl sites for hydroxylation is 1. The number of aromatic amines is 1. The number of anilines is 1. The summed E-state index contributed by atoms with van der Waals surface area (Å²) in [5, 5.41) is 14.6. The molecule has 8 nitrogen and oxygen atoms in total. The van der Waals surface area contributed by atoms with Gasteiger partial charge in [0, 0.05) is 23.3 Å². The van der Waals surface area contributed by atoms with E-state index >= 15 is 0 Å². The van der Waals surface area contributed by atoms with E-state index in [1.807, 2.05) is 6.92 Å². The number of esters is 1. The highest BCUT2D eigenvalue weighted by atomic mass is 35.5. The van der Waals surface area contributed by atoms with Crippen molar-refractivity contribution in [2.24, 2.45) is 0 Å². The Labute approximate surface area is 177 Å². The third kappa shape index (κ3) is 4.78. The number of carbonyl (C=O) groups is 2. The van der Waals surface area contributed by atoms with Gasteiger partial charge in [0.1, 0.15) is 5.69 Å². The van der Waals surface area contributed by atoms with Crippen molar-refractivity contribution < 1.29 is 14.3 Å². The number of H-pyrrole nitrogens is 1. The zero-order valence-electron chi connectivity index (χ0n) is 16.0. The van der Waals surface area contributed by atoms with Crippen LogP contribution in [0.4, 0.5) is 5.69 Å². The molecule has 0 aliphatic carbocycles. The molecule has 2 heterocycles. The van der Waals surface area contributed by atoms with Crippen LogP contribution in [-0.2, 0) is 11.3 Å². The molecule has 0 bridgehead atoms. The molecule has 29 heavy (non-hydrogen) atoms. The highest BCUT2D eigenvalue weighted by molar-refractivity contribution is 6.36. The number of rotatable bonds is 6. The zero-order chi connectivity index (χ0) is 21.1. The molecule has 152 valence electrons. The van der Waals surface area contributed by atoms with Gasteiger partial charge in [0.25, 0.3) is 5.91 Å². The number of carbonyl (C=O) groups excluding carboxylic acids is 2. The molecule has 0 aliphatic heterocycles. The molecule has 1 amide bonds. The van der Waals surface area contributed by atoms with Crippen LogP contribution in [0.1, 0.15) is 41.7 Å². The van der Waals surface area contributed by atoms with E-state index in [1.165, 1.54) is 0 Å². The molecule has 0 atom stereocenters. The molecule has 0 spiro atoms. The summed E-state index contributed by atoms with van der Waals surface area (Å²) in [4.78, 5) is 24.9. The lowest BCUT2D eigenvalue weighted by Crippen LogP contribution is -2.17. The van der Waals surface area contributed by atoms with E-state index in [1.54, 1.807) is 49.0 Å². The molecule has 10 heteroatoms. The fourth-order valence-corrected chi connectivity index (χ4v) is 3.06. The molecule has 3 rings (SSSR count). The topological polar surface area (TPSA) is 102 Å². The molecule has 0 fully saturated rings. The van der Waals surface area contributed by atoms with Crippen molar-refractivity contribution in [3.05, 3.63) is 51.9 Å². The summed E-state index contributed by atoms with van der Waals surface area (Å²) in [6.45, 7) is 5.87. The van der Waals surface area contributed by atoms with Gasteiger partial charge < -0.3 is 10.1 Å². The van der Waals surface area contributed by atoms with Crippen molar-refractivity contribution in [1.29, 1.82) is 0 Å². The van der Waals surface area contributed by atoms with Crippen molar-refractivity contribution in [2.45, 2.75) is 33.4 Å². The van der Waals surface area contributed by atoms with E-state index < -0.39 is 11.9 Å². The Morgan fingerprint density at radius 1 is 1.28 bits per heavy atom. The Morgan fingerprint density at radius 2 is 2.03 bits per heavy atom. The van der Waals surface area contributed by atoms with Crippen LogP contribution in [0.25, 0.3) is 11.3 Å². The molecule has 3 aromatic rings. The number of nitrogens with one attached hydrogen (secondary N) is 2. The number of ether oxygens (including phenoxy) is 1. The Morgan fingerprint density at radius 3 is 2.69 bits per heavy atom. The van der Waals surface area contributed by atoms with Gasteiger partial charge in [0.05, 0.1) is 22.5 Å². The molecule has 0 aliphatic rings. The minimum absolute atomic E-state index is 0.0365. The molecule has 1 aromatic carbocycles. The minimum Gasteiger partial charge on any atom is -0.458 e. The Balaban J connectivity index is 1.83. The maximum atomic E-state index is 12.7. The predicted octanol–water partition coefficient (Wildman–Crippen LogP) is 4.42. The van der Waals surface area contributed by atoms with Crippen molar-refractivity contribution in [2.75, 3.05) is 5.32 Å². The predicted molar refractivity (Wildman–Crippen MR) is 110 cm³/mol. The van der Waals surface area contributed by atoms with E-state index in [9.17, 15) is 9.59 Å². The van der Waals surface area contributed by atoms with E-state index in [0.717, 1.165) is 0 Å². The summed E-state index contributed by atoms with van der Waals surface area (Å²) < 4.78 is 6.74. The molecular weight excluding hydrogens is 417 g/mol. The van der Waals surface area contributed by atoms with Gasteiger partial charge in [-0.15, -0.1) is 0 Å². The van der Waals surface area contributed by atoms with Crippen molar-refractivity contribution in [1.82, 2.24) is 20.0 Å². The first kappa shape index (κ1) is 20.9. The average molecular weight is 436 g/mol. The lowest BCUT2D eigenvalue weighted by atomic mass is 10.1. The number of halogens is 2. The van der Waals surface area contributed by atoms with Crippen LogP contribution in [0.3, 0.4) is 0 Å². The summed E-state index contributed by atoms with van der Waals surface area (Å²) in [7, 11) is 0. The smallest absolute Gasteiger partial charge is 0.361 e. The van der Waals surface area contributed by atoms with Crippen LogP contribution in [0.5, 0.6) is 0 Å². The maximum absolute atomic E-state index is 12.7. The van der Waals surface area contributed by atoms with Crippen molar-refractivity contribution in [3.63, 3.8) is 0 Å². The van der Waals surface area contributed by atoms with Crippen LogP contribution in [0.15, 0.2) is 30.5 Å². The van der Waals surface area contributed by atoms with Crippen molar-refractivity contribution in [3.8, 4) is 11.3 Å². The standard InChI is InChI=1S/C19H19Cl2N5O3/c1-4-26-9-16(17(25-26)19(28)29-10(2)3)22-18(27)15-8-14(23-24-15)12-6-5-11(20)7-13(12)21/h5-10H,4H2,1-3H3,(H,22,27)(H,23,24). The third-order valence-corrected chi connectivity index (χ3v) is 4.45. The fraction of sp³-hybridized carbons (Fsp3) is 0.263. The van der Waals surface area contributed by atoms with Gasteiger partial charge in [-0.2, -0.15) is 10.2 Å². The van der Waals surface area contributed by atoms with E-state index in [0.29, 0.717) is 27.8 Å². The summed E-state index contributed by atoms with van der Waals surface area (Å²) in [5.74, 6) is -1.09. The molecule has 0 saturated heterocycles. The molecule has 2 N–H and O–H groups in total. The fourth-order valence-electron chi connectivity index (χ4n) is 2.56. The van der Waals surface area contributed by atoms with E-state index in [4.69, 9.17) is 27.9 Å². The largest absolute Gasteiger partial charge is 0.458 e. The van der Waals surface area contributed by atoms with E-state index in [2.05, 4.69) is 20.6 Å². The van der Waals surface area contributed by atoms with Gasteiger partial charge in [0.15, 0.2) is 5.69 Å². The highest BCUT2D eigenvalue weighted by Gasteiger charge is 2.22. The number of aromatic nitrogens is 4. The number of nitrogens with zero attached hydrogens (tertiary/aromatic N) is 3. The minimum atomic E-state index is -0.610. The first-order chi connectivity index (χ1) is 13.8. The number of hydrogen-bond donors (Lipinski definition) is 2. The van der Waals surface area contributed by atoms with Gasteiger partial charge in [-0.3, -0.25) is 14.6 Å². The average Bonchev–Trinajstić information content (AvgIpc) is 3.28.